The summed E-state index contributed by atoms with van der Waals surface area (Å²) in [6.45, 7) is 3.51. The van der Waals surface area contributed by atoms with E-state index in [2.05, 4.69) is 5.48 Å². The smallest absolute Gasteiger partial charge is 0.312 e. The summed E-state index contributed by atoms with van der Waals surface area (Å²) < 4.78 is 28.9. The fourth-order valence-corrected chi connectivity index (χ4v) is 2.74. The van der Waals surface area contributed by atoms with Crippen molar-refractivity contribution in [3.05, 3.63) is 65.7 Å². The molecule has 22 heavy (non-hydrogen) atoms. The Hall–Kier alpha value is -1.73. The monoisotopic (exact) mass is 321 g/mol. The van der Waals surface area contributed by atoms with Crippen molar-refractivity contribution in [2.45, 2.75) is 30.9 Å². The molecule has 0 amide bonds. The Labute approximate surface area is 130 Å². The number of aliphatic hydroxyl groups is 1. The molecular weight excluding hydrogens is 302 g/mol. The van der Waals surface area contributed by atoms with Crippen LogP contribution in [0.5, 0.6) is 0 Å². The lowest BCUT2D eigenvalue weighted by Gasteiger charge is -2.19. The number of hydroxylamine groups is 1. The van der Waals surface area contributed by atoms with Crippen LogP contribution >= 0.6 is 0 Å². The molecule has 2 unspecified atom stereocenters. The van der Waals surface area contributed by atoms with Crippen molar-refractivity contribution in [1.82, 2.24) is 5.48 Å². The van der Waals surface area contributed by atoms with Gasteiger partial charge in [-0.1, -0.05) is 48.0 Å². The van der Waals surface area contributed by atoms with Gasteiger partial charge in [-0.2, -0.15) is 18.2 Å². The Morgan fingerprint density at radius 3 is 2.23 bits per heavy atom. The summed E-state index contributed by atoms with van der Waals surface area (Å²) in [7, 11) is -3.91. The van der Waals surface area contributed by atoms with Crippen molar-refractivity contribution >= 4 is 10.1 Å². The molecule has 2 N–H and O–H groups in total. The highest BCUT2D eigenvalue weighted by atomic mass is 32.2. The van der Waals surface area contributed by atoms with Gasteiger partial charge in [-0.25, -0.2) is 0 Å². The second-order valence-electron chi connectivity index (χ2n) is 5.11. The Morgan fingerprint density at radius 1 is 1.05 bits per heavy atom. The molecule has 0 fully saturated rings. The van der Waals surface area contributed by atoms with Crippen molar-refractivity contribution in [3.8, 4) is 0 Å². The highest BCUT2D eigenvalue weighted by molar-refractivity contribution is 7.86. The van der Waals surface area contributed by atoms with Crippen LogP contribution in [0.3, 0.4) is 0 Å². The van der Waals surface area contributed by atoms with E-state index in [9.17, 15) is 13.5 Å². The predicted molar refractivity (Wildman–Crippen MR) is 83.4 cm³/mol. The Kier molecular flexibility index (Phi) is 5.31. The van der Waals surface area contributed by atoms with Crippen LogP contribution in [0, 0.1) is 6.92 Å². The Balaban J connectivity index is 2.01. The topological polar surface area (TPSA) is 75.6 Å². The molecule has 2 aromatic carbocycles. The molecule has 0 saturated heterocycles. The van der Waals surface area contributed by atoms with Crippen molar-refractivity contribution in [1.29, 1.82) is 0 Å². The first kappa shape index (κ1) is 16.6. The van der Waals surface area contributed by atoms with Gasteiger partial charge in [-0.3, -0.25) is 0 Å². The van der Waals surface area contributed by atoms with E-state index in [0.717, 1.165) is 5.56 Å². The minimum absolute atomic E-state index is 0.0620. The second kappa shape index (κ2) is 7.02. The van der Waals surface area contributed by atoms with Gasteiger partial charge in [0.05, 0.1) is 17.0 Å². The average molecular weight is 321 g/mol. The van der Waals surface area contributed by atoms with Crippen LogP contribution in [0.1, 0.15) is 24.2 Å². The SMILES string of the molecule is Cc1ccc(S(=O)(=O)ONC(C)C(O)c2ccccc2)cc1. The standard InChI is InChI=1S/C16H19NO4S/c1-12-8-10-15(11-9-12)22(19,20)21-17-13(2)16(18)14-6-4-3-5-7-14/h3-11,13,16-18H,1-2H3. The van der Waals surface area contributed by atoms with Gasteiger partial charge in [0.15, 0.2) is 0 Å². The maximum absolute atomic E-state index is 12.0. The number of aliphatic hydroxyl groups excluding tert-OH is 1. The first-order valence-corrected chi connectivity index (χ1v) is 8.29. The van der Waals surface area contributed by atoms with Crippen LogP contribution in [-0.2, 0) is 14.4 Å². The molecule has 0 aliphatic rings. The molecule has 6 heteroatoms. The lowest BCUT2D eigenvalue weighted by molar-refractivity contribution is 0.0667. The molecule has 0 aromatic heterocycles. The van der Waals surface area contributed by atoms with E-state index in [1.54, 1.807) is 43.3 Å². The lowest BCUT2D eigenvalue weighted by atomic mass is 10.0. The van der Waals surface area contributed by atoms with Gasteiger partial charge < -0.3 is 5.11 Å². The zero-order valence-electron chi connectivity index (χ0n) is 12.4. The average Bonchev–Trinajstić information content (AvgIpc) is 2.53. The van der Waals surface area contributed by atoms with Crippen LogP contribution in [0.4, 0.5) is 0 Å². The van der Waals surface area contributed by atoms with Gasteiger partial charge in [-0.15, -0.1) is 0 Å². The summed E-state index contributed by atoms with van der Waals surface area (Å²) in [5.41, 5.74) is 4.03. The van der Waals surface area contributed by atoms with Crippen molar-refractivity contribution < 1.29 is 17.8 Å². The summed E-state index contributed by atoms with van der Waals surface area (Å²) in [6.07, 6.45) is -0.880. The van der Waals surface area contributed by atoms with Gasteiger partial charge >= 0.3 is 10.1 Å². The number of nitrogens with one attached hydrogen (secondary N) is 1. The van der Waals surface area contributed by atoms with Crippen LogP contribution in [0.2, 0.25) is 0 Å². The van der Waals surface area contributed by atoms with Gasteiger partial charge in [0.2, 0.25) is 0 Å². The van der Waals surface area contributed by atoms with E-state index in [0.29, 0.717) is 5.56 Å². The molecule has 0 spiro atoms. The molecule has 0 aliphatic heterocycles. The molecule has 0 saturated carbocycles. The van der Waals surface area contributed by atoms with Crippen molar-refractivity contribution in [2.24, 2.45) is 0 Å². The first-order chi connectivity index (χ1) is 10.4. The summed E-state index contributed by atoms with van der Waals surface area (Å²) >= 11 is 0. The number of rotatable bonds is 6. The molecule has 0 radical (unpaired) electrons. The number of benzene rings is 2. The molecule has 0 aliphatic carbocycles. The van der Waals surface area contributed by atoms with Gasteiger partial charge in [0.25, 0.3) is 0 Å². The van der Waals surface area contributed by atoms with Gasteiger partial charge in [0, 0.05) is 0 Å². The minimum atomic E-state index is -3.91. The van der Waals surface area contributed by atoms with E-state index in [1.807, 2.05) is 13.0 Å². The number of hydrogen-bond acceptors (Lipinski definition) is 5. The third-order valence-corrected chi connectivity index (χ3v) is 4.43. The summed E-state index contributed by atoms with van der Waals surface area (Å²) in [4.78, 5) is 0.0620. The Morgan fingerprint density at radius 2 is 1.64 bits per heavy atom. The molecule has 2 rings (SSSR count). The van der Waals surface area contributed by atoms with Crippen LogP contribution in [0.25, 0.3) is 0 Å². The fraction of sp³-hybridized carbons (Fsp3) is 0.250. The molecule has 2 atom stereocenters. The normalized spacial score (nSPS) is 14.5. The molecule has 2 aromatic rings. The van der Waals surface area contributed by atoms with Crippen LogP contribution in [-0.4, -0.2) is 19.6 Å². The third kappa shape index (κ3) is 4.14. The quantitative estimate of drug-likeness (QED) is 0.799. The second-order valence-corrected chi connectivity index (χ2v) is 6.66. The van der Waals surface area contributed by atoms with E-state index in [4.69, 9.17) is 4.28 Å². The van der Waals surface area contributed by atoms with E-state index in [1.165, 1.54) is 12.1 Å². The van der Waals surface area contributed by atoms with Gasteiger partial charge in [-0.05, 0) is 31.5 Å². The predicted octanol–water partition coefficient (Wildman–Crippen LogP) is 2.33. The first-order valence-electron chi connectivity index (χ1n) is 6.89. The molecule has 5 nitrogen and oxygen atoms in total. The Bertz CT molecular complexity index is 699. The van der Waals surface area contributed by atoms with Crippen molar-refractivity contribution in [3.63, 3.8) is 0 Å². The highest BCUT2D eigenvalue weighted by Crippen LogP contribution is 2.17. The summed E-state index contributed by atoms with van der Waals surface area (Å²) in [5, 5.41) is 10.2. The zero-order chi connectivity index (χ0) is 16.2. The number of aryl methyl sites for hydroxylation is 1. The number of hydrogen-bond donors (Lipinski definition) is 2. The largest absolute Gasteiger partial charge is 0.387 e. The maximum atomic E-state index is 12.0. The molecular formula is C16H19NO4S. The fourth-order valence-electron chi connectivity index (χ4n) is 1.90. The zero-order valence-corrected chi connectivity index (χ0v) is 13.2. The maximum Gasteiger partial charge on any atom is 0.312 e. The third-order valence-electron chi connectivity index (χ3n) is 3.27. The van der Waals surface area contributed by atoms with E-state index < -0.39 is 22.3 Å². The van der Waals surface area contributed by atoms with Crippen molar-refractivity contribution in [2.75, 3.05) is 0 Å². The van der Waals surface area contributed by atoms with E-state index in [-0.39, 0.29) is 4.90 Å². The summed E-state index contributed by atoms with van der Waals surface area (Å²) in [5.74, 6) is 0. The summed E-state index contributed by atoms with van der Waals surface area (Å²) in [6, 6.07) is 14.7. The van der Waals surface area contributed by atoms with Gasteiger partial charge in [0.1, 0.15) is 0 Å². The molecule has 0 bridgehead atoms. The minimum Gasteiger partial charge on any atom is -0.387 e. The molecule has 118 valence electrons. The lowest BCUT2D eigenvalue weighted by Crippen LogP contribution is -2.34. The molecule has 0 heterocycles. The van der Waals surface area contributed by atoms with Crippen LogP contribution < -0.4 is 5.48 Å². The van der Waals surface area contributed by atoms with Crippen LogP contribution in [0.15, 0.2) is 59.5 Å². The highest BCUT2D eigenvalue weighted by Gasteiger charge is 2.21. The van der Waals surface area contributed by atoms with E-state index >= 15 is 0 Å².